The van der Waals surface area contributed by atoms with E-state index in [1.54, 1.807) is 6.07 Å². The standard InChI is InChI=1S/C17H18N2O2S2/c1-22-12-8-4-3-7-11(12)16(21)19-17-14(15(18)20)10-6-2-5-9-13(10)23-17/h3-4,7-8H,2,5-6,9H2,1H3,(H2,18,20)(H,19,21). The molecule has 0 bridgehead atoms. The largest absolute Gasteiger partial charge is 0.365 e. The van der Waals surface area contributed by atoms with Gasteiger partial charge < -0.3 is 11.1 Å². The van der Waals surface area contributed by atoms with E-state index < -0.39 is 5.91 Å². The second kappa shape index (κ2) is 6.76. The van der Waals surface area contributed by atoms with Crippen molar-refractivity contribution in [1.29, 1.82) is 0 Å². The molecular weight excluding hydrogens is 328 g/mol. The molecule has 2 amide bonds. The van der Waals surface area contributed by atoms with Crippen molar-refractivity contribution < 1.29 is 9.59 Å². The molecule has 4 nitrogen and oxygen atoms in total. The Bertz CT molecular complexity index is 768. The Hall–Kier alpha value is -1.79. The summed E-state index contributed by atoms with van der Waals surface area (Å²) in [6.07, 6.45) is 5.94. The third-order valence-electron chi connectivity index (χ3n) is 4.00. The number of thioether (sulfide) groups is 1. The van der Waals surface area contributed by atoms with Gasteiger partial charge in [-0.3, -0.25) is 9.59 Å². The molecule has 0 aliphatic heterocycles. The molecule has 1 aromatic heterocycles. The smallest absolute Gasteiger partial charge is 0.257 e. The number of carbonyl (C=O) groups excluding carboxylic acids is 2. The number of aryl methyl sites for hydroxylation is 1. The number of carbonyl (C=O) groups is 2. The van der Waals surface area contributed by atoms with E-state index in [0.717, 1.165) is 36.1 Å². The molecule has 1 aromatic carbocycles. The lowest BCUT2D eigenvalue weighted by Crippen LogP contribution is -2.18. The van der Waals surface area contributed by atoms with Gasteiger partial charge in [0.2, 0.25) is 0 Å². The Balaban J connectivity index is 1.95. The van der Waals surface area contributed by atoms with Gasteiger partial charge in [-0.05, 0) is 49.6 Å². The molecule has 2 aromatic rings. The zero-order valence-electron chi connectivity index (χ0n) is 12.8. The zero-order chi connectivity index (χ0) is 16.4. The first kappa shape index (κ1) is 16.1. The summed E-state index contributed by atoms with van der Waals surface area (Å²) in [5.41, 5.74) is 7.71. The fourth-order valence-electron chi connectivity index (χ4n) is 2.92. The van der Waals surface area contributed by atoms with E-state index >= 15 is 0 Å². The number of nitrogens with two attached hydrogens (primary N) is 1. The van der Waals surface area contributed by atoms with Crippen molar-refractivity contribution in [1.82, 2.24) is 0 Å². The van der Waals surface area contributed by atoms with Crippen LogP contribution in [0, 0.1) is 0 Å². The number of rotatable bonds is 4. The van der Waals surface area contributed by atoms with Crippen molar-refractivity contribution in [2.24, 2.45) is 5.73 Å². The third-order valence-corrected chi connectivity index (χ3v) is 6.00. The normalized spacial score (nSPS) is 13.4. The number of nitrogens with one attached hydrogen (secondary N) is 1. The van der Waals surface area contributed by atoms with Gasteiger partial charge in [-0.25, -0.2) is 0 Å². The molecule has 6 heteroatoms. The molecule has 3 rings (SSSR count). The summed E-state index contributed by atoms with van der Waals surface area (Å²) in [4.78, 5) is 26.6. The van der Waals surface area contributed by atoms with Gasteiger partial charge in [0.15, 0.2) is 0 Å². The van der Waals surface area contributed by atoms with Crippen LogP contribution in [0.25, 0.3) is 0 Å². The van der Waals surface area contributed by atoms with Crippen molar-refractivity contribution in [2.75, 3.05) is 11.6 Å². The number of primary amides is 1. The third kappa shape index (κ3) is 3.14. The van der Waals surface area contributed by atoms with Crippen LogP contribution in [0.15, 0.2) is 29.2 Å². The van der Waals surface area contributed by atoms with Gasteiger partial charge >= 0.3 is 0 Å². The Morgan fingerprint density at radius 2 is 1.96 bits per heavy atom. The predicted molar refractivity (Wildman–Crippen MR) is 95.7 cm³/mol. The molecule has 0 unspecified atom stereocenters. The molecule has 0 saturated heterocycles. The van der Waals surface area contributed by atoms with E-state index in [2.05, 4.69) is 5.32 Å². The van der Waals surface area contributed by atoms with Crippen molar-refractivity contribution >= 4 is 39.9 Å². The van der Waals surface area contributed by atoms with Crippen LogP contribution in [0.2, 0.25) is 0 Å². The first-order chi connectivity index (χ1) is 11.1. The molecule has 23 heavy (non-hydrogen) atoms. The molecule has 3 N–H and O–H groups in total. The molecule has 0 saturated carbocycles. The maximum Gasteiger partial charge on any atom is 0.257 e. The van der Waals surface area contributed by atoms with Crippen LogP contribution in [0.5, 0.6) is 0 Å². The Labute approximate surface area is 143 Å². The molecule has 1 aliphatic carbocycles. The summed E-state index contributed by atoms with van der Waals surface area (Å²) in [5.74, 6) is -0.658. The fourth-order valence-corrected chi connectivity index (χ4v) is 4.80. The lowest BCUT2D eigenvalue weighted by molar-refractivity contribution is 0.100. The highest BCUT2D eigenvalue weighted by atomic mass is 32.2. The fraction of sp³-hybridized carbons (Fsp3) is 0.294. The molecular formula is C17H18N2O2S2. The summed E-state index contributed by atoms with van der Waals surface area (Å²) in [6.45, 7) is 0. The van der Waals surface area contributed by atoms with E-state index in [1.807, 2.05) is 24.5 Å². The monoisotopic (exact) mass is 346 g/mol. The van der Waals surface area contributed by atoms with Gasteiger partial charge in [-0.15, -0.1) is 23.1 Å². The summed E-state index contributed by atoms with van der Waals surface area (Å²) in [6, 6.07) is 7.44. The highest BCUT2D eigenvalue weighted by Gasteiger charge is 2.25. The number of thiophene rings is 1. The van der Waals surface area contributed by atoms with E-state index in [0.29, 0.717) is 16.1 Å². The second-order valence-electron chi connectivity index (χ2n) is 5.43. The minimum absolute atomic E-state index is 0.198. The molecule has 120 valence electrons. The zero-order valence-corrected chi connectivity index (χ0v) is 14.5. The summed E-state index contributed by atoms with van der Waals surface area (Å²) >= 11 is 3.01. The highest BCUT2D eigenvalue weighted by molar-refractivity contribution is 7.98. The number of amides is 2. The number of benzene rings is 1. The number of hydrogen-bond donors (Lipinski definition) is 2. The lowest BCUT2D eigenvalue weighted by atomic mass is 9.95. The molecule has 0 spiro atoms. The molecule has 1 heterocycles. The summed E-state index contributed by atoms with van der Waals surface area (Å²) < 4.78 is 0. The van der Waals surface area contributed by atoms with Gasteiger partial charge in [0.25, 0.3) is 11.8 Å². The highest BCUT2D eigenvalue weighted by Crippen LogP contribution is 2.38. The van der Waals surface area contributed by atoms with Gasteiger partial charge in [-0.1, -0.05) is 12.1 Å². The van der Waals surface area contributed by atoms with Crippen molar-refractivity contribution in [3.63, 3.8) is 0 Å². The van der Waals surface area contributed by atoms with Gasteiger partial charge in [0, 0.05) is 9.77 Å². The van der Waals surface area contributed by atoms with Crippen LogP contribution in [0.1, 0.15) is 44.0 Å². The maximum absolute atomic E-state index is 12.6. The van der Waals surface area contributed by atoms with Crippen LogP contribution < -0.4 is 11.1 Å². The van der Waals surface area contributed by atoms with Crippen LogP contribution in [-0.2, 0) is 12.8 Å². The summed E-state index contributed by atoms with van der Waals surface area (Å²) in [7, 11) is 0. The van der Waals surface area contributed by atoms with Crippen LogP contribution in [0.4, 0.5) is 5.00 Å². The van der Waals surface area contributed by atoms with Crippen molar-refractivity contribution in [2.45, 2.75) is 30.6 Å². The SMILES string of the molecule is CSc1ccccc1C(=O)Nc1sc2c(c1C(N)=O)CCCC2. The van der Waals surface area contributed by atoms with E-state index in [1.165, 1.54) is 28.0 Å². The van der Waals surface area contributed by atoms with Gasteiger partial charge in [0.05, 0.1) is 11.1 Å². The Kier molecular flexibility index (Phi) is 4.73. The maximum atomic E-state index is 12.6. The number of hydrogen-bond acceptors (Lipinski definition) is 4. The molecule has 0 fully saturated rings. The van der Waals surface area contributed by atoms with Gasteiger partial charge in [-0.2, -0.15) is 0 Å². The predicted octanol–water partition coefficient (Wildman–Crippen LogP) is 3.70. The van der Waals surface area contributed by atoms with E-state index in [-0.39, 0.29) is 5.91 Å². The topological polar surface area (TPSA) is 72.2 Å². The van der Waals surface area contributed by atoms with Crippen molar-refractivity contribution in [3.8, 4) is 0 Å². The molecule has 0 radical (unpaired) electrons. The minimum atomic E-state index is -0.460. The average molecular weight is 346 g/mol. The first-order valence-corrected chi connectivity index (χ1v) is 9.54. The average Bonchev–Trinajstić information content (AvgIpc) is 2.92. The first-order valence-electron chi connectivity index (χ1n) is 7.50. The van der Waals surface area contributed by atoms with Crippen LogP contribution in [-0.4, -0.2) is 18.1 Å². The Morgan fingerprint density at radius 1 is 1.22 bits per heavy atom. The quantitative estimate of drug-likeness (QED) is 0.829. The van der Waals surface area contributed by atoms with Crippen LogP contribution >= 0.6 is 23.1 Å². The van der Waals surface area contributed by atoms with Gasteiger partial charge in [0.1, 0.15) is 5.00 Å². The summed E-state index contributed by atoms with van der Waals surface area (Å²) in [5, 5.41) is 3.49. The van der Waals surface area contributed by atoms with Crippen LogP contribution in [0.3, 0.4) is 0 Å². The molecule has 1 aliphatic rings. The minimum Gasteiger partial charge on any atom is -0.365 e. The van der Waals surface area contributed by atoms with Crippen molar-refractivity contribution in [3.05, 3.63) is 45.8 Å². The number of anilines is 1. The van der Waals surface area contributed by atoms with E-state index in [9.17, 15) is 9.59 Å². The van der Waals surface area contributed by atoms with E-state index in [4.69, 9.17) is 5.73 Å². The number of fused-ring (bicyclic) bond motifs is 1. The Morgan fingerprint density at radius 3 is 2.70 bits per heavy atom. The molecule has 0 atom stereocenters. The lowest BCUT2D eigenvalue weighted by Gasteiger charge is -2.11. The second-order valence-corrected chi connectivity index (χ2v) is 7.39.